The molecule has 1 heterocycles. The molecule has 0 radical (unpaired) electrons. The predicted octanol–water partition coefficient (Wildman–Crippen LogP) is 8.04. The number of nitrogens with zero attached hydrogens (tertiary/aromatic N) is 3. The fourth-order valence-corrected chi connectivity index (χ4v) is 5.04. The molecule has 1 unspecified atom stereocenters. The van der Waals surface area contributed by atoms with Gasteiger partial charge in [-0.15, -0.1) is 0 Å². The molecular formula is C33H36N4. The second kappa shape index (κ2) is 11.5. The summed E-state index contributed by atoms with van der Waals surface area (Å²) in [6.45, 7) is 10.1. The Morgan fingerprint density at radius 2 is 1.51 bits per heavy atom. The van der Waals surface area contributed by atoms with Crippen molar-refractivity contribution in [2.24, 2.45) is 0 Å². The Hall–Kier alpha value is -3.76. The summed E-state index contributed by atoms with van der Waals surface area (Å²) >= 11 is 0. The standard InChI is InChI=1S/C33H36N4/c1-4-37(5-2)22-12-13-24(3)34-33-30-19-11-18-29(26-15-7-6-8-16-26)31(30)35-32(36-33)28-21-20-25-14-9-10-17-27(25)23-28/h6-11,14-21,23-24H,4-5,12-13,22H2,1-3H3,(H,34,35,36). The molecule has 4 heteroatoms. The minimum Gasteiger partial charge on any atom is -0.367 e. The number of rotatable bonds is 10. The van der Waals surface area contributed by atoms with Crippen LogP contribution in [0.5, 0.6) is 0 Å². The van der Waals surface area contributed by atoms with E-state index in [0.29, 0.717) is 6.04 Å². The largest absolute Gasteiger partial charge is 0.367 e. The van der Waals surface area contributed by atoms with Gasteiger partial charge in [-0.25, -0.2) is 9.97 Å². The third kappa shape index (κ3) is 5.65. The van der Waals surface area contributed by atoms with E-state index in [9.17, 15) is 0 Å². The molecule has 1 atom stereocenters. The van der Waals surface area contributed by atoms with Gasteiger partial charge in [-0.05, 0) is 67.9 Å². The van der Waals surface area contributed by atoms with Gasteiger partial charge in [-0.1, -0.05) is 92.7 Å². The van der Waals surface area contributed by atoms with Gasteiger partial charge >= 0.3 is 0 Å². The Balaban J connectivity index is 1.56. The highest BCUT2D eigenvalue weighted by atomic mass is 15.1. The highest BCUT2D eigenvalue weighted by Gasteiger charge is 2.15. The van der Waals surface area contributed by atoms with Crippen molar-refractivity contribution in [2.45, 2.75) is 39.7 Å². The van der Waals surface area contributed by atoms with Crippen LogP contribution in [-0.4, -0.2) is 40.5 Å². The van der Waals surface area contributed by atoms with Crippen LogP contribution < -0.4 is 5.32 Å². The van der Waals surface area contributed by atoms with Gasteiger partial charge in [0.15, 0.2) is 5.82 Å². The summed E-state index contributed by atoms with van der Waals surface area (Å²) in [7, 11) is 0. The molecule has 5 rings (SSSR count). The van der Waals surface area contributed by atoms with Gasteiger partial charge in [0.2, 0.25) is 0 Å². The Kier molecular flexibility index (Phi) is 7.76. The normalized spacial score (nSPS) is 12.3. The molecule has 0 fully saturated rings. The van der Waals surface area contributed by atoms with Gasteiger partial charge in [0.1, 0.15) is 5.82 Å². The van der Waals surface area contributed by atoms with E-state index in [4.69, 9.17) is 9.97 Å². The van der Waals surface area contributed by atoms with Crippen LogP contribution in [0.4, 0.5) is 5.82 Å². The molecule has 1 aromatic heterocycles. The maximum Gasteiger partial charge on any atom is 0.162 e. The lowest BCUT2D eigenvalue weighted by Crippen LogP contribution is -2.25. The first-order valence-corrected chi connectivity index (χ1v) is 13.5. The zero-order valence-corrected chi connectivity index (χ0v) is 22.1. The first-order chi connectivity index (χ1) is 18.2. The molecule has 37 heavy (non-hydrogen) atoms. The maximum atomic E-state index is 5.15. The van der Waals surface area contributed by atoms with Crippen molar-refractivity contribution in [2.75, 3.05) is 25.0 Å². The van der Waals surface area contributed by atoms with Crippen molar-refractivity contribution in [3.63, 3.8) is 0 Å². The Bertz CT molecular complexity index is 1470. The van der Waals surface area contributed by atoms with Crippen LogP contribution in [0.25, 0.3) is 44.2 Å². The van der Waals surface area contributed by atoms with E-state index in [2.05, 4.69) is 122 Å². The summed E-state index contributed by atoms with van der Waals surface area (Å²) in [5, 5.41) is 7.22. The highest BCUT2D eigenvalue weighted by molar-refractivity contribution is 6.00. The third-order valence-electron chi connectivity index (χ3n) is 7.21. The molecule has 1 N–H and O–H groups in total. The number of nitrogens with one attached hydrogen (secondary N) is 1. The molecule has 0 aliphatic carbocycles. The van der Waals surface area contributed by atoms with Gasteiger partial charge < -0.3 is 10.2 Å². The number of benzene rings is 4. The van der Waals surface area contributed by atoms with Crippen molar-refractivity contribution in [3.8, 4) is 22.5 Å². The average molecular weight is 489 g/mol. The molecule has 0 amide bonds. The number of fused-ring (bicyclic) bond motifs is 2. The topological polar surface area (TPSA) is 41.0 Å². The van der Waals surface area contributed by atoms with E-state index in [1.54, 1.807) is 0 Å². The summed E-state index contributed by atoms with van der Waals surface area (Å²) in [4.78, 5) is 12.7. The van der Waals surface area contributed by atoms with E-state index in [-0.39, 0.29) is 0 Å². The summed E-state index contributed by atoms with van der Waals surface area (Å²) < 4.78 is 0. The summed E-state index contributed by atoms with van der Waals surface area (Å²) in [5.74, 6) is 1.65. The summed E-state index contributed by atoms with van der Waals surface area (Å²) in [6, 6.07) is 32.1. The molecule has 5 aromatic rings. The van der Waals surface area contributed by atoms with E-state index < -0.39 is 0 Å². The minimum absolute atomic E-state index is 0.304. The van der Waals surface area contributed by atoms with E-state index in [0.717, 1.165) is 71.7 Å². The lowest BCUT2D eigenvalue weighted by atomic mass is 10.0. The second-order valence-electron chi connectivity index (χ2n) is 9.74. The predicted molar refractivity (Wildman–Crippen MR) is 158 cm³/mol. The molecule has 4 aromatic carbocycles. The molecular weight excluding hydrogens is 452 g/mol. The molecule has 0 saturated carbocycles. The molecule has 0 spiro atoms. The van der Waals surface area contributed by atoms with Gasteiger partial charge in [0.05, 0.1) is 5.52 Å². The number of anilines is 1. The number of hydrogen-bond acceptors (Lipinski definition) is 4. The van der Waals surface area contributed by atoms with Crippen molar-refractivity contribution in [1.82, 2.24) is 14.9 Å². The molecule has 0 bridgehead atoms. The first-order valence-electron chi connectivity index (χ1n) is 13.5. The lowest BCUT2D eigenvalue weighted by molar-refractivity contribution is 0.295. The van der Waals surface area contributed by atoms with E-state index in [1.165, 1.54) is 10.8 Å². The maximum absolute atomic E-state index is 5.15. The fraction of sp³-hybridized carbons (Fsp3) is 0.273. The molecule has 0 saturated heterocycles. The van der Waals surface area contributed by atoms with Crippen LogP contribution in [0.1, 0.15) is 33.6 Å². The Labute approximate surface area is 220 Å². The third-order valence-corrected chi connectivity index (χ3v) is 7.21. The molecule has 188 valence electrons. The SMILES string of the molecule is CCN(CC)CCCC(C)Nc1nc(-c2ccc3ccccc3c2)nc2c(-c3ccccc3)cccc12. The van der Waals surface area contributed by atoms with Gasteiger partial charge in [-0.2, -0.15) is 0 Å². The average Bonchev–Trinajstić information content (AvgIpc) is 2.95. The molecule has 0 aliphatic heterocycles. The van der Waals surface area contributed by atoms with Crippen LogP contribution in [0.2, 0.25) is 0 Å². The Morgan fingerprint density at radius 1 is 0.757 bits per heavy atom. The van der Waals surface area contributed by atoms with Crippen molar-refractivity contribution in [3.05, 3.63) is 91.0 Å². The van der Waals surface area contributed by atoms with Crippen molar-refractivity contribution < 1.29 is 0 Å². The minimum atomic E-state index is 0.304. The number of aromatic nitrogens is 2. The number of para-hydroxylation sites is 1. The van der Waals surface area contributed by atoms with Crippen molar-refractivity contribution >= 4 is 27.5 Å². The van der Waals surface area contributed by atoms with Gasteiger partial charge in [0.25, 0.3) is 0 Å². The first kappa shape index (κ1) is 24.9. The van der Waals surface area contributed by atoms with Crippen LogP contribution in [0.3, 0.4) is 0 Å². The zero-order chi connectivity index (χ0) is 25.6. The molecule has 0 aliphatic rings. The Morgan fingerprint density at radius 3 is 2.30 bits per heavy atom. The monoisotopic (exact) mass is 488 g/mol. The van der Waals surface area contributed by atoms with E-state index >= 15 is 0 Å². The van der Waals surface area contributed by atoms with Crippen molar-refractivity contribution in [1.29, 1.82) is 0 Å². The summed E-state index contributed by atoms with van der Waals surface area (Å²) in [6.07, 6.45) is 2.25. The molecule has 4 nitrogen and oxygen atoms in total. The van der Waals surface area contributed by atoms with Crippen LogP contribution in [0.15, 0.2) is 91.0 Å². The van der Waals surface area contributed by atoms with Gasteiger partial charge in [-0.3, -0.25) is 0 Å². The lowest BCUT2D eigenvalue weighted by Gasteiger charge is -2.21. The second-order valence-corrected chi connectivity index (χ2v) is 9.74. The van der Waals surface area contributed by atoms with Crippen LogP contribution in [-0.2, 0) is 0 Å². The smallest absolute Gasteiger partial charge is 0.162 e. The van der Waals surface area contributed by atoms with Crippen LogP contribution in [0, 0.1) is 0 Å². The summed E-state index contributed by atoms with van der Waals surface area (Å²) in [5.41, 5.74) is 4.29. The highest BCUT2D eigenvalue weighted by Crippen LogP contribution is 2.33. The zero-order valence-electron chi connectivity index (χ0n) is 22.1. The number of hydrogen-bond donors (Lipinski definition) is 1. The van der Waals surface area contributed by atoms with Gasteiger partial charge in [0, 0.05) is 22.6 Å². The quantitative estimate of drug-likeness (QED) is 0.216. The van der Waals surface area contributed by atoms with Crippen LogP contribution >= 0.6 is 0 Å². The fourth-order valence-electron chi connectivity index (χ4n) is 5.04. The van der Waals surface area contributed by atoms with E-state index in [1.807, 2.05) is 0 Å².